The van der Waals surface area contributed by atoms with E-state index < -0.39 is 0 Å². The molecule has 1 aliphatic carbocycles. The van der Waals surface area contributed by atoms with Gasteiger partial charge >= 0.3 is 5.97 Å². The van der Waals surface area contributed by atoms with Gasteiger partial charge in [0, 0.05) is 18.7 Å². The molecule has 1 atom stereocenters. The summed E-state index contributed by atoms with van der Waals surface area (Å²) < 4.78 is 6.10. The third-order valence-electron chi connectivity index (χ3n) is 5.59. The molecule has 0 N–H and O–H groups in total. The van der Waals surface area contributed by atoms with Crippen LogP contribution in [0.4, 0.5) is 0 Å². The van der Waals surface area contributed by atoms with Gasteiger partial charge in [0.25, 0.3) is 0 Å². The average Bonchev–Trinajstić information content (AvgIpc) is 3.16. The molecule has 1 aromatic carbocycles. The van der Waals surface area contributed by atoms with Gasteiger partial charge in [-0.2, -0.15) is 0 Å². The van der Waals surface area contributed by atoms with Gasteiger partial charge in [-0.1, -0.05) is 43.2 Å². The quantitative estimate of drug-likeness (QED) is 0.790. The monoisotopic (exact) mass is 311 g/mol. The van der Waals surface area contributed by atoms with E-state index in [-0.39, 0.29) is 17.5 Å². The number of fused-ring (bicyclic) bond motifs is 2. The standard InChI is InChI=1S/C20H25NO2/c22-19(17-9-4-5-10-17)23-20-11-6-12-21(15-20)18(14-20)13-16-7-2-1-3-8-16/h1-3,7-8,13,17H,4-6,9-12,14-15H2/b18-13+. The number of hydrogen-bond donors (Lipinski definition) is 0. The molecule has 2 aliphatic heterocycles. The molecule has 3 heteroatoms. The van der Waals surface area contributed by atoms with Crippen molar-refractivity contribution in [1.82, 2.24) is 4.90 Å². The highest BCUT2D eigenvalue weighted by atomic mass is 16.6. The van der Waals surface area contributed by atoms with Gasteiger partial charge in [0.1, 0.15) is 5.60 Å². The van der Waals surface area contributed by atoms with Crippen LogP contribution in [0.1, 0.15) is 50.5 Å². The Morgan fingerprint density at radius 3 is 2.74 bits per heavy atom. The number of ether oxygens (including phenoxy) is 1. The van der Waals surface area contributed by atoms with Crippen molar-refractivity contribution in [2.75, 3.05) is 13.1 Å². The molecule has 2 bridgehead atoms. The van der Waals surface area contributed by atoms with Crippen molar-refractivity contribution >= 4 is 12.0 Å². The molecule has 122 valence electrons. The van der Waals surface area contributed by atoms with Crippen LogP contribution in [0.25, 0.3) is 6.08 Å². The first-order valence-electron chi connectivity index (χ1n) is 8.98. The van der Waals surface area contributed by atoms with Crippen molar-refractivity contribution in [3.05, 3.63) is 41.6 Å². The minimum Gasteiger partial charge on any atom is -0.457 e. The first-order chi connectivity index (χ1) is 11.2. The summed E-state index contributed by atoms with van der Waals surface area (Å²) in [7, 11) is 0. The summed E-state index contributed by atoms with van der Waals surface area (Å²) in [5.41, 5.74) is 2.29. The summed E-state index contributed by atoms with van der Waals surface area (Å²) in [6.45, 7) is 1.96. The number of piperidine rings is 1. The zero-order chi connectivity index (χ0) is 15.7. The van der Waals surface area contributed by atoms with E-state index in [1.165, 1.54) is 24.1 Å². The van der Waals surface area contributed by atoms with E-state index in [1.807, 2.05) is 6.07 Å². The van der Waals surface area contributed by atoms with Crippen LogP contribution in [0.2, 0.25) is 0 Å². The van der Waals surface area contributed by atoms with Crippen LogP contribution < -0.4 is 0 Å². The van der Waals surface area contributed by atoms with Crippen molar-refractivity contribution in [2.45, 2.75) is 50.5 Å². The molecule has 0 amide bonds. The number of rotatable bonds is 3. The lowest BCUT2D eigenvalue weighted by Gasteiger charge is -2.34. The van der Waals surface area contributed by atoms with Gasteiger partial charge in [0.05, 0.1) is 12.5 Å². The van der Waals surface area contributed by atoms with Crippen molar-refractivity contribution in [2.24, 2.45) is 5.92 Å². The third kappa shape index (κ3) is 3.01. The number of esters is 1. The van der Waals surface area contributed by atoms with Crippen molar-refractivity contribution in [3.63, 3.8) is 0 Å². The third-order valence-corrected chi connectivity index (χ3v) is 5.59. The SMILES string of the molecule is O=C(OC12CCCN(C1)/C(=C/c1ccccc1)C2)C1CCCC1. The highest BCUT2D eigenvalue weighted by Crippen LogP contribution is 2.42. The molecule has 3 nitrogen and oxygen atoms in total. The second kappa shape index (κ2) is 6.03. The molecule has 2 heterocycles. The summed E-state index contributed by atoms with van der Waals surface area (Å²) in [5, 5.41) is 0. The lowest BCUT2D eigenvalue weighted by Crippen LogP contribution is -2.43. The molecular weight excluding hydrogens is 286 g/mol. The van der Waals surface area contributed by atoms with E-state index in [0.29, 0.717) is 0 Å². The predicted octanol–water partition coefficient (Wildman–Crippen LogP) is 4.00. The Morgan fingerprint density at radius 2 is 1.96 bits per heavy atom. The largest absolute Gasteiger partial charge is 0.457 e. The smallest absolute Gasteiger partial charge is 0.309 e. The first kappa shape index (κ1) is 14.8. The fourth-order valence-corrected chi connectivity index (χ4v) is 4.39. The lowest BCUT2D eigenvalue weighted by molar-refractivity contribution is -0.165. The number of nitrogens with zero attached hydrogens (tertiary/aromatic N) is 1. The second-order valence-corrected chi connectivity index (χ2v) is 7.33. The van der Waals surface area contributed by atoms with Crippen molar-refractivity contribution in [3.8, 4) is 0 Å². The van der Waals surface area contributed by atoms with Crippen LogP contribution in [0.3, 0.4) is 0 Å². The zero-order valence-corrected chi connectivity index (χ0v) is 13.7. The number of benzene rings is 1. The fraction of sp³-hybridized carbons (Fsp3) is 0.550. The van der Waals surface area contributed by atoms with Crippen LogP contribution in [-0.4, -0.2) is 29.6 Å². The molecule has 0 aromatic heterocycles. The van der Waals surface area contributed by atoms with Crippen LogP contribution in [0, 0.1) is 5.92 Å². The van der Waals surface area contributed by atoms with E-state index in [2.05, 4.69) is 35.2 Å². The van der Waals surface area contributed by atoms with E-state index in [1.54, 1.807) is 0 Å². The Kier molecular flexibility index (Phi) is 3.88. The molecule has 1 aromatic rings. The predicted molar refractivity (Wildman–Crippen MR) is 90.6 cm³/mol. The van der Waals surface area contributed by atoms with Gasteiger partial charge in [0.15, 0.2) is 0 Å². The second-order valence-electron chi connectivity index (χ2n) is 7.33. The van der Waals surface area contributed by atoms with Crippen LogP contribution in [-0.2, 0) is 9.53 Å². The van der Waals surface area contributed by atoms with Crippen LogP contribution >= 0.6 is 0 Å². The Morgan fingerprint density at radius 1 is 1.17 bits per heavy atom. The normalized spacial score (nSPS) is 29.2. The molecule has 0 radical (unpaired) electrons. The Balaban J connectivity index is 1.51. The fourth-order valence-electron chi connectivity index (χ4n) is 4.39. The zero-order valence-electron chi connectivity index (χ0n) is 13.7. The van der Waals surface area contributed by atoms with E-state index in [0.717, 1.165) is 45.2 Å². The Labute approximate surface area is 138 Å². The maximum Gasteiger partial charge on any atom is 0.309 e. The van der Waals surface area contributed by atoms with E-state index in [4.69, 9.17) is 4.74 Å². The molecule has 4 rings (SSSR count). The Bertz CT molecular complexity index is 603. The minimum absolute atomic E-state index is 0.0605. The molecule has 23 heavy (non-hydrogen) atoms. The van der Waals surface area contributed by atoms with Crippen LogP contribution in [0.5, 0.6) is 0 Å². The van der Waals surface area contributed by atoms with E-state index in [9.17, 15) is 4.79 Å². The highest BCUT2D eigenvalue weighted by Gasteiger charge is 2.47. The van der Waals surface area contributed by atoms with Crippen LogP contribution in [0.15, 0.2) is 36.0 Å². The lowest BCUT2D eigenvalue weighted by atomic mass is 9.93. The number of carbonyl (C=O) groups excluding carboxylic acids is 1. The number of carbonyl (C=O) groups is 1. The summed E-state index contributed by atoms with van der Waals surface area (Å²) >= 11 is 0. The van der Waals surface area contributed by atoms with Gasteiger partial charge in [0.2, 0.25) is 0 Å². The highest BCUT2D eigenvalue weighted by molar-refractivity contribution is 5.73. The van der Waals surface area contributed by atoms with Crippen molar-refractivity contribution in [1.29, 1.82) is 0 Å². The minimum atomic E-state index is -0.265. The molecule has 3 aliphatic rings. The summed E-state index contributed by atoms with van der Waals surface area (Å²) in [5.74, 6) is 0.215. The summed E-state index contributed by atoms with van der Waals surface area (Å²) in [6, 6.07) is 10.4. The topological polar surface area (TPSA) is 29.5 Å². The Hall–Kier alpha value is -1.77. The molecule has 2 saturated heterocycles. The van der Waals surface area contributed by atoms with Gasteiger partial charge in [-0.05, 0) is 37.3 Å². The number of hydrogen-bond acceptors (Lipinski definition) is 3. The first-order valence-corrected chi connectivity index (χ1v) is 8.98. The average molecular weight is 311 g/mol. The van der Waals surface area contributed by atoms with Gasteiger partial charge in [-0.15, -0.1) is 0 Å². The summed E-state index contributed by atoms with van der Waals surface area (Å²) in [4.78, 5) is 14.9. The van der Waals surface area contributed by atoms with Gasteiger partial charge in [-0.3, -0.25) is 4.79 Å². The maximum absolute atomic E-state index is 12.5. The molecule has 1 saturated carbocycles. The molecule has 1 unspecified atom stereocenters. The van der Waals surface area contributed by atoms with E-state index >= 15 is 0 Å². The summed E-state index contributed by atoms with van der Waals surface area (Å²) in [6.07, 6.45) is 9.65. The maximum atomic E-state index is 12.5. The van der Waals surface area contributed by atoms with Gasteiger partial charge in [-0.25, -0.2) is 0 Å². The molecule has 0 spiro atoms. The van der Waals surface area contributed by atoms with Crippen molar-refractivity contribution < 1.29 is 9.53 Å². The molecule has 3 fully saturated rings. The van der Waals surface area contributed by atoms with Gasteiger partial charge < -0.3 is 9.64 Å². The molecular formula is C20H25NO2.